The molecule has 0 bridgehead atoms. The van der Waals surface area contributed by atoms with E-state index >= 15 is 0 Å². The van der Waals surface area contributed by atoms with Crippen LogP contribution in [0.5, 0.6) is 0 Å². The third-order valence-corrected chi connectivity index (χ3v) is 3.25. The van der Waals surface area contributed by atoms with Crippen molar-refractivity contribution in [3.63, 3.8) is 0 Å². The number of carbonyl (C=O) groups excluding carboxylic acids is 1. The van der Waals surface area contributed by atoms with Crippen LogP contribution in [0.3, 0.4) is 0 Å². The normalized spacial score (nSPS) is 18.5. The molecule has 1 rings (SSSR count). The Balaban J connectivity index is 2.70. The van der Waals surface area contributed by atoms with Gasteiger partial charge < -0.3 is 10.4 Å². The minimum atomic E-state index is -1.17. The summed E-state index contributed by atoms with van der Waals surface area (Å²) in [6.45, 7) is 0. The van der Waals surface area contributed by atoms with E-state index < -0.39 is 12.1 Å². The summed E-state index contributed by atoms with van der Waals surface area (Å²) in [6.07, 6.45) is 3.85. The minimum absolute atomic E-state index is 0.0740. The van der Waals surface area contributed by atoms with E-state index in [-0.39, 0.29) is 11.8 Å². The molecule has 0 radical (unpaired) electrons. The molecule has 2 amide bonds. The van der Waals surface area contributed by atoms with E-state index in [1.807, 2.05) is 0 Å². The molecule has 17 heavy (non-hydrogen) atoms. The van der Waals surface area contributed by atoms with Crippen LogP contribution in [0.1, 0.15) is 32.1 Å². The molecule has 0 aliphatic heterocycles. The Bertz CT molecular complexity index is 277. The molecule has 6 nitrogen and oxygen atoms in total. The van der Waals surface area contributed by atoms with Gasteiger partial charge in [-0.25, -0.2) is 9.86 Å². The molecule has 0 saturated heterocycles. The molecule has 1 saturated carbocycles. The Morgan fingerprint density at radius 3 is 2.41 bits per heavy atom. The Morgan fingerprint density at radius 2 is 1.94 bits per heavy atom. The average Bonchev–Trinajstić information content (AvgIpc) is 2.35. The lowest BCUT2D eigenvalue weighted by Crippen LogP contribution is -2.51. The van der Waals surface area contributed by atoms with E-state index in [2.05, 4.69) is 5.32 Å². The third kappa shape index (κ3) is 3.89. The number of hydrogen-bond donors (Lipinski definition) is 2. The van der Waals surface area contributed by atoms with Crippen molar-refractivity contribution in [3.05, 3.63) is 0 Å². The van der Waals surface area contributed by atoms with Gasteiger partial charge in [-0.3, -0.25) is 9.63 Å². The summed E-state index contributed by atoms with van der Waals surface area (Å²) in [5.41, 5.74) is 0. The number of rotatable bonds is 4. The Morgan fingerprint density at radius 1 is 1.35 bits per heavy atom. The van der Waals surface area contributed by atoms with Gasteiger partial charge in [0.05, 0.1) is 7.11 Å². The van der Waals surface area contributed by atoms with Gasteiger partial charge in [-0.1, -0.05) is 19.3 Å². The number of carbonyl (C=O) groups is 2. The van der Waals surface area contributed by atoms with Gasteiger partial charge in [0, 0.05) is 7.05 Å². The standard InChI is InChI=1S/C11H20N2O4/c1-13(17-2)10(14)9(12-11(15)16)8-6-4-3-5-7-8/h8-9,12H,3-7H2,1-2H3,(H,15,16)/t9-/m1/s1. The fourth-order valence-corrected chi connectivity index (χ4v) is 2.27. The highest BCUT2D eigenvalue weighted by Crippen LogP contribution is 2.27. The summed E-state index contributed by atoms with van der Waals surface area (Å²) in [4.78, 5) is 27.5. The van der Waals surface area contributed by atoms with E-state index in [1.165, 1.54) is 14.2 Å². The number of hydroxylamine groups is 2. The van der Waals surface area contributed by atoms with Gasteiger partial charge in [-0.2, -0.15) is 0 Å². The molecule has 1 aliphatic carbocycles. The Hall–Kier alpha value is -1.30. The molecule has 0 spiro atoms. The molecule has 0 unspecified atom stereocenters. The number of likely N-dealkylation sites (N-methyl/N-ethyl adjacent to an activating group) is 1. The van der Waals surface area contributed by atoms with Gasteiger partial charge in [0.15, 0.2) is 0 Å². The molecular formula is C11H20N2O4. The molecule has 6 heteroatoms. The quantitative estimate of drug-likeness (QED) is 0.729. The number of carboxylic acid groups (broad SMARTS) is 1. The van der Waals surface area contributed by atoms with E-state index in [1.54, 1.807) is 0 Å². The van der Waals surface area contributed by atoms with Crippen molar-refractivity contribution in [2.24, 2.45) is 5.92 Å². The lowest BCUT2D eigenvalue weighted by atomic mass is 9.83. The number of nitrogens with one attached hydrogen (secondary N) is 1. The van der Waals surface area contributed by atoms with Crippen LogP contribution < -0.4 is 5.32 Å². The maximum Gasteiger partial charge on any atom is 0.405 e. The number of amides is 2. The zero-order valence-corrected chi connectivity index (χ0v) is 10.3. The van der Waals surface area contributed by atoms with Gasteiger partial charge >= 0.3 is 6.09 Å². The lowest BCUT2D eigenvalue weighted by molar-refractivity contribution is -0.172. The van der Waals surface area contributed by atoms with E-state index in [0.717, 1.165) is 37.2 Å². The Labute approximate surface area is 101 Å². The fraction of sp³-hybridized carbons (Fsp3) is 0.818. The van der Waals surface area contributed by atoms with Crippen molar-refractivity contribution < 1.29 is 19.5 Å². The predicted molar refractivity (Wildman–Crippen MR) is 61.3 cm³/mol. The van der Waals surface area contributed by atoms with Gasteiger partial charge in [-0.15, -0.1) is 0 Å². The van der Waals surface area contributed by atoms with Crippen LogP contribution >= 0.6 is 0 Å². The van der Waals surface area contributed by atoms with Crippen molar-refractivity contribution in [2.75, 3.05) is 14.2 Å². The van der Waals surface area contributed by atoms with Crippen LogP contribution in [0.4, 0.5) is 4.79 Å². The number of hydrogen-bond acceptors (Lipinski definition) is 3. The molecule has 1 aliphatic rings. The first-order valence-electron chi connectivity index (χ1n) is 5.87. The minimum Gasteiger partial charge on any atom is -0.465 e. The molecule has 1 fully saturated rings. The molecule has 1 atom stereocenters. The van der Waals surface area contributed by atoms with E-state index in [4.69, 9.17) is 9.94 Å². The summed E-state index contributed by atoms with van der Waals surface area (Å²) in [5, 5.41) is 12.2. The highest BCUT2D eigenvalue weighted by Gasteiger charge is 2.32. The molecule has 2 N–H and O–H groups in total. The summed E-state index contributed by atoms with van der Waals surface area (Å²) in [6, 6.07) is -0.697. The molecule has 0 heterocycles. The smallest absolute Gasteiger partial charge is 0.405 e. The van der Waals surface area contributed by atoms with Crippen molar-refractivity contribution in [1.29, 1.82) is 0 Å². The highest BCUT2D eigenvalue weighted by molar-refractivity contribution is 5.84. The predicted octanol–water partition coefficient (Wildman–Crippen LogP) is 1.22. The maximum atomic E-state index is 12.0. The molecular weight excluding hydrogens is 224 g/mol. The average molecular weight is 244 g/mol. The first-order chi connectivity index (χ1) is 8.06. The largest absolute Gasteiger partial charge is 0.465 e. The molecule has 0 aromatic rings. The monoisotopic (exact) mass is 244 g/mol. The fourth-order valence-electron chi connectivity index (χ4n) is 2.27. The first kappa shape index (κ1) is 13.8. The summed E-state index contributed by atoms with van der Waals surface area (Å²) in [7, 11) is 2.87. The second kappa shape index (κ2) is 6.44. The van der Waals surface area contributed by atoms with Crippen molar-refractivity contribution >= 4 is 12.0 Å². The maximum absolute atomic E-state index is 12.0. The zero-order chi connectivity index (χ0) is 12.8. The SMILES string of the molecule is CON(C)C(=O)[C@H](NC(=O)O)C1CCCCC1. The highest BCUT2D eigenvalue weighted by atomic mass is 16.7. The topological polar surface area (TPSA) is 78.9 Å². The number of nitrogens with zero attached hydrogens (tertiary/aromatic N) is 1. The van der Waals surface area contributed by atoms with Crippen LogP contribution in [0.15, 0.2) is 0 Å². The van der Waals surface area contributed by atoms with Gasteiger partial charge in [0.2, 0.25) is 0 Å². The second-order valence-corrected chi connectivity index (χ2v) is 4.34. The van der Waals surface area contributed by atoms with Gasteiger partial charge in [0.1, 0.15) is 6.04 Å². The van der Waals surface area contributed by atoms with Gasteiger partial charge in [0.25, 0.3) is 5.91 Å². The Kier molecular flexibility index (Phi) is 5.21. The molecule has 0 aromatic carbocycles. The van der Waals surface area contributed by atoms with Crippen LogP contribution in [0, 0.1) is 5.92 Å². The summed E-state index contributed by atoms with van der Waals surface area (Å²) >= 11 is 0. The lowest BCUT2D eigenvalue weighted by Gasteiger charge is -2.31. The van der Waals surface area contributed by atoms with Crippen LogP contribution in [0.25, 0.3) is 0 Å². The van der Waals surface area contributed by atoms with Crippen LogP contribution in [-0.2, 0) is 9.63 Å². The summed E-state index contributed by atoms with van der Waals surface area (Å²) in [5.74, 6) is -0.258. The van der Waals surface area contributed by atoms with E-state index in [9.17, 15) is 9.59 Å². The van der Waals surface area contributed by atoms with Crippen LogP contribution in [-0.4, -0.2) is 42.4 Å². The summed E-state index contributed by atoms with van der Waals surface area (Å²) < 4.78 is 0. The van der Waals surface area contributed by atoms with Crippen molar-refractivity contribution in [1.82, 2.24) is 10.4 Å². The zero-order valence-electron chi connectivity index (χ0n) is 10.3. The third-order valence-electron chi connectivity index (χ3n) is 3.25. The van der Waals surface area contributed by atoms with Crippen molar-refractivity contribution in [3.8, 4) is 0 Å². The van der Waals surface area contributed by atoms with Crippen LogP contribution in [0.2, 0.25) is 0 Å². The molecule has 0 aromatic heterocycles. The van der Waals surface area contributed by atoms with Gasteiger partial charge in [-0.05, 0) is 18.8 Å². The first-order valence-corrected chi connectivity index (χ1v) is 5.87. The van der Waals surface area contributed by atoms with E-state index in [0.29, 0.717) is 0 Å². The van der Waals surface area contributed by atoms with Crippen molar-refractivity contribution in [2.45, 2.75) is 38.1 Å². The molecule has 98 valence electrons. The second-order valence-electron chi connectivity index (χ2n) is 4.34.